The third-order valence-electron chi connectivity index (χ3n) is 3.69. The summed E-state index contributed by atoms with van der Waals surface area (Å²) in [5.41, 5.74) is 1.42. The maximum absolute atomic E-state index is 13.7. The zero-order valence-electron chi connectivity index (χ0n) is 15.0. The minimum absolute atomic E-state index is 0.00106. The van der Waals surface area contributed by atoms with Gasteiger partial charge in [-0.3, -0.25) is 10.1 Å². The number of ether oxygens (including phenoxy) is 3. The topological polar surface area (TPSA) is 69.7 Å². The lowest BCUT2D eigenvalue weighted by Gasteiger charge is -2.08. The van der Waals surface area contributed by atoms with Gasteiger partial charge >= 0.3 is 0 Å². The van der Waals surface area contributed by atoms with E-state index in [4.69, 9.17) is 14.2 Å². The zero-order chi connectivity index (χ0) is 20.1. The summed E-state index contributed by atoms with van der Waals surface area (Å²) >= 11 is 4.43. The van der Waals surface area contributed by atoms with Gasteiger partial charge in [0.15, 0.2) is 23.3 Å². The monoisotopic (exact) mass is 466 g/mol. The Morgan fingerprint density at radius 2 is 2.00 bits per heavy atom. The van der Waals surface area contributed by atoms with Crippen LogP contribution in [0.5, 0.6) is 17.2 Å². The van der Waals surface area contributed by atoms with Crippen molar-refractivity contribution in [3.05, 3.63) is 52.1 Å². The summed E-state index contributed by atoms with van der Waals surface area (Å²) in [7, 11) is 3.14. The predicted molar refractivity (Wildman–Crippen MR) is 109 cm³/mol. The van der Waals surface area contributed by atoms with Crippen LogP contribution in [0.1, 0.15) is 0 Å². The summed E-state index contributed by atoms with van der Waals surface area (Å²) in [6.07, 6.45) is 0. The average Bonchev–Trinajstić information content (AvgIpc) is 3.14. The van der Waals surface area contributed by atoms with Crippen molar-refractivity contribution >= 4 is 38.3 Å². The van der Waals surface area contributed by atoms with Gasteiger partial charge in [0, 0.05) is 21.5 Å². The Morgan fingerprint density at radius 1 is 1.18 bits per heavy atom. The highest BCUT2D eigenvalue weighted by Gasteiger charge is 2.13. The summed E-state index contributed by atoms with van der Waals surface area (Å²) in [5.74, 6) is 0.287. The Kier molecular flexibility index (Phi) is 6.48. The lowest BCUT2D eigenvalue weighted by atomic mass is 10.1. The van der Waals surface area contributed by atoms with E-state index in [1.807, 2.05) is 6.07 Å². The molecule has 0 aliphatic heterocycles. The number of methoxy groups -OCH3 is 2. The minimum atomic E-state index is -0.551. The van der Waals surface area contributed by atoms with Gasteiger partial charge in [-0.2, -0.15) is 0 Å². The molecule has 3 aromatic rings. The van der Waals surface area contributed by atoms with Crippen LogP contribution < -0.4 is 19.5 Å². The molecule has 0 aliphatic carbocycles. The molecule has 1 amide bonds. The van der Waals surface area contributed by atoms with Crippen molar-refractivity contribution in [2.45, 2.75) is 0 Å². The number of anilines is 1. The summed E-state index contributed by atoms with van der Waals surface area (Å²) in [6.45, 7) is -0.334. The first-order valence-corrected chi connectivity index (χ1v) is 9.73. The van der Waals surface area contributed by atoms with Crippen LogP contribution >= 0.6 is 27.3 Å². The van der Waals surface area contributed by atoms with Gasteiger partial charge in [-0.25, -0.2) is 9.37 Å². The number of halogens is 2. The summed E-state index contributed by atoms with van der Waals surface area (Å²) < 4.78 is 30.1. The molecule has 0 bridgehead atoms. The number of benzene rings is 2. The number of hydrogen-bond donors (Lipinski definition) is 1. The van der Waals surface area contributed by atoms with E-state index < -0.39 is 11.7 Å². The Bertz CT molecular complexity index is 996. The van der Waals surface area contributed by atoms with Crippen LogP contribution in [-0.2, 0) is 4.79 Å². The van der Waals surface area contributed by atoms with Crippen molar-refractivity contribution in [1.82, 2.24) is 4.98 Å². The molecule has 2 aromatic carbocycles. The normalized spacial score (nSPS) is 10.4. The second kappa shape index (κ2) is 9.03. The maximum atomic E-state index is 13.7. The molecule has 0 fully saturated rings. The number of nitrogens with one attached hydrogen (secondary N) is 1. The molecule has 1 N–H and O–H groups in total. The molecule has 3 rings (SSSR count). The highest BCUT2D eigenvalue weighted by atomic mass is 79.9. The van der Waals surface area contributed by atoms with Crippen molar-refractivity contribution in [3.63, 3.8) is 0 Å². The average molecular weight is 467 g/mol. The molecule has 146 valence electrons. The highest BCUT2D eigenvalue weighted by Crippen LogP contribution is 2.34. The van der Waals surface area contributed by atoms with Gasteiger partial charge in [-0.15, -0.1) is 11.3 Å². The van der Waals surface area contributed by atoms with Crippen molar-refractivity contribution in [2.75, 3.05) is 26.1 Å². The Hall–Kier alpha value is -2.65. The fraction of sp³-hybridized carbons (Fsp3) is 0.158. The van der Waals surface area contributed by atoms with Crippen LogP contribution in [0.25, 0.3) is 11.3 Å². The quantitative estimate of drug-likeness (QED) is 0.544. The second-order valence-electron chi connectivity index (χ2n) is 5.52. The van der Waals surface area contributed by atoms with Crippen LogP contribution in [-0.4, -0.2) is 31.7 Å². The van der Waals surface area contributed by atoms with E-state index in [2.05, 4.69) is 26.2 Å². The highest BCUT2D eigenvalue weighted by molar-refractivity contribution is 9.10. The Labute approximate surface area is 173 Å². The van der Waals surface area contributed by atoms with Gasteiger partial charge in [-0.1, -0.05) is 15.9 Å². The lowest BCUT2D eigenvalue weighted by Crippen LogP contribution is -2.20. The number of aromatic nitrogens is 1. The molecule has 0 saturated carbocycles. The number of nitrogens with zero attached hydrogens (tertiary/aromatic N) is 1. The van der Waals surface area contributed by atoms with Crippen LogP contribution in [0, 0.1) is 5.82 Å². The molecule has 9 heteroatoms. The maximum Gasteiger partial charge on any atom is 0.264 e. The molecule has 1 heterocycles. The third-order valence-corrected chi connectivity index (χ3v) is 4.94. The molecule has 0 aliphatic rings. The van der Waals surface area contributed by atoms with Crippen LogP contribution in [0.4, 0.5) is 9.52 Å². The van der Waals surface area contributed by atoms with E-state index in [9.17, 15) is 9.18 Å². The van der Waals surface area contributed by atoms with Crippen molar-refractivity contribution in [1.29, 1.82) is 0 Å². The molecule has 0 unspecified atom stereocenters. The van der Waals surface area contributed by atoms with Crippen LogP contribution in [0.3, 0.4) is 0 Å². The van der Waals surface area contributed by atoms with Gasteiger partial charge in [0.25, 0.3) is 5.91 Å². The predicted octanol–water partition coefficient (Wildman–Crippen LogP) is 4.75. The summed E-state index contributed by atoms with van der Waals surface area (Å²) in [6, 6.07) is 9.74. The van der Waals surface area contributed by atoms with Crippen LogP contribution in [0.2, 0.25) is 0 Å². The Balaban J connectivity index is 1.65. The molecule has 1 aromatic heterocycles. The number of hydrogen-bond acceptors (Lipinski definition) is 6. The van der Waals surface area contributed by atoms with Crippen LogP contribution in [0.15, 0.2) is 46.3 Å². The smallest absolute Gasteiger partial charge is 0.264 e. The van der Waals surface area contributed by atoms with Gasteiger partial charge in [0.05, 0.1) is 19.9 Å². The number of rotatable bonds is 7. The van der Waals surface area contributed by atoms with Crippen molar-refractivity contribution in [3.8, 4) is 28.5 Å². The fourth-order valence-electron chi connectivity index (χ4n) is 2.36. The summed E-state index contributed by atoms with van der Waals surface area (Å²) in [5, 5.41) is 4.84. The van der Waals surface area contributed by atoms with E-state index in [0.29, 0.717) is 26.8 Å². The molecule has 0 saturated heterocycles. The minimum Gasteiger partial charge on any atom is -0.497 e. The zero-order valence-corrected chi connectivity index (χ0v) is 17.4. The first-order chi connectivity index (χ1) is 13.5. The molecular formula is C19H16BrFN2O4S. The number of carbonyl (C=O) groups is 1. The van der Waals surface area contributed by atoms with E-state index in [0.717, 1.165) is 5.56 Å². The number of carbonyl (C=O) groups excluding carboxylic acids is 1. The van der Waals surface area contributed by atoms with E-state index in [-0.39, 0.29) is 12.4 Å². The van der Waals surface area contributed by atoms with Gasteiger partial charge < -0.3 is 14.2 Å². The Morgan fingerprint density at radius 3 is 2.71 bits per heavy atom. The molecule has 0 radical (unpaired) electrons. The van der Waals surface area contributed by atoms with E-state index in [1.54, 1.807) is 37.8 Å². The SMILES string of the molecule is COc1ccc(-c2csc(NC(=O)COc3ccc(Br)cc3F)n2)c(OC)c1. The van der Waals surface area contributed by atoms with Crippen molar-refractivity contribution < 1.29 is 23.4 Å². The molecular weight excluding hydrogens is 451 g/mol. The molecule has 6 nitrogen and oxygen atoms in total. The standard InChI is InChI=1S/C19H16BrFN2O4S/c1-25-12-4-5-13(17(8-12)26-2)15-10-28-19(22-15)23-18(24)9-27-16-6-3-11(20)7-14(16)21/h3-8,10H,9H2,1-2H3,(H,22,23,24). The van der Waals surface area contributed by atoms with Crippen molar-refractivity contribution in [2.24, 2.45) is 0 Å². The summed E-state index contributed by atoms with van der Waals surface area (Å²) in [4.78, 5) is 16.5. The molecule has 0 spiro atoms. The molecule has 0 atom stereocenters. The third kappa shape index (κ3) is 4.79. The van der Waals surface area contributed by atoms with Gasteiger partial charge in [0.2, 0.25) is 0 Å². The second-order valence-corrected chi connectivity index (χ2v) is 7.29. The first-order valence-electron chi connectivity index (χ1n) is 8.05. The molecule has 28 heavy (non-hydrogen) atoms. The number of amides is 1. The number of thiazole rings is 1. The first kappa shape index (κ1) is 20.1. The lowest BCUT2D eigenvalue weighted by molar-refractivity contribution is -0.118. The largest absolute Gasteiger partial charge is 0.497 e. The van der Waals surface area contributed by atoms with Gasteiger partial charge in [0.1, 0.15) is 11.5 Å². The van der Waals surface area contributed by atoms with E-state index >= 15 is 0 Å². The fourth-order valence-corrected chi connectivity index (χ4v) is 3.42. The van der Waals surface area contributed by atoms with Gasteiger partial charge in [-0.05, 0) is 30.3 Å². The van der Waals surface area contributed by atoms with E-state index in [1.165, 1.54) is 23.5 Å².